The van der Waals surface area contributed by atoms with Crippen molar-refractivity contribution in [3.8, 4) is 23.0 Å². The van der Waals surface area contributed by atoms with Crippen LogP contribution in [0.1, 0.15) is 48.2 Å². The van der Waals surface area contributed by atoms with Crippen molar-refractivity contribution < 1.29 is 44.6 Å². The molecule has 2 N–H and O–H groups in total. The van der Waals surface area contributed by atoms with E-state index in [1.165, 1.54) is 70.9 Å². The second-order valence-electron chi connectivity index (χ2n) is 15.0. The maximum atomic E-state index is 13.5. The smallest absolute Gasteiger partial charge is 0.327 e. The van der Waals surface area contributed by atoms with Crippen LogP contribution in [0, 0.1) is 25.5 Å². The molecule has 0 unspecified atom stereocenters. The molecule has 0 saturated carbocycles. The van der Waals surface area contributed by atoms with Crippen LogP contribution in [0.3, 0.4) is 0 Å². The Hall–Kier alpha value is -6.40. The van der Waals surface area contributed by atoms with Gasteiger partial charge < -0.3 is 28.9 Å². The SMILES string of the molecule is CCOc1cc([C@@H](CS(C)(=O)=O)n2c(=O)[nH]c3cc(F)ccc32)ccc1OC.CCOc1cc([C@@H](CS(C)(=O)=O)n2c(=O)[nH]c3cc(F)ccc32)ccc1OC.Cc1cccc(C)c1. The first-order valence-electron chi connectivity index (χ1n) is 20.0. The summed E-state index contributed by atoms with van der Waals surface area (Å²) in [7, 11) is -3.89. The molecule has 5 aromatic carbocycles. The molecule has 2 heterocycles. The number of aromatic nitrogens is 4. The average Bonchev–Trinajstić information content (AvgIpc) is 3.72. The Bertz CT molecular complexity index is 2880. The highest BCUT2D eigenvalue weighted by atomic mass is 32.2. The molecule has 7 aromatic rings. The summed E-state index contributed by atoms with van der Waals surface area (Å²) < 4.78 is 99.8. The molecule has 0 saturated heterocycles. The van der Waals surface area contributed by atoms with Gasteiger partial charge in [0.1, 0.15) is 31.3 Å². The summed E-state index contributed by atoms with van der Waals surface area (Å²) in [6.07, 6.45) is 2.21. The first kappa shape index (κ1) is 48.6. The lowest BCUT2D eigenvalue weighted by molar-refractivity contribution is 0.310. The quantitative estimate of drug-likeness (QED) is 0.112. The number of ether oxygens (including phenoxy) is 4. The van der Waals surface area contributed by atoms with Crippen molar-refractivity contribution in [3.05, 3.63) is 152 Å². The molecule has 2 aromatic heterocycles. The molecule has 0 fully saturated rings. The molecule has 14 nitrogen and oxygen atoms in total. The van der Waals surface area contributed by atoms with E-state index in [2.05, 4.69) is 48.1 Å². The van der Waals surface area contributed by atoms with Crippen LogP contribution >= 0.6 is 0 Å². The molecular weight excluding hydrogens is 871 g/mol. The van der Waals surface area contributed by atoms with Gasteiger partial charge in [-0.3, -0.25) is 9.13 Å². The Labute approximate surface area is 370 Å². The highest BCUT2D eigenvalue weighted by Crippen LogP contribution is 2.34. The van der Waals surface area contributed by atoms with Gasteiger partial charge in [0.05, 0.1) is 73.1 Å². The minimum Gasteiger partial charge on any atom is -0.493 e. The summed E-state index contributed by atoms with van der Waals surface area (Å²) in [5.41, 5.74) is 4.15. The minimum atomic E-state index is -3.45. The van der Waals surface area contributed by atoms with E-state index in [4.69, 9.17) is 18.9 Å². The number of benzene rings is 5. The summed E-state index contributed by atoms with van der Waals surface area (Å²) in [4.78, 5) is 30.4. The van der Waals surface area contributed by atoms with E-state index in [9.17, 15) is 35.2 Å². The zero-order valence-electron chi connectivity index (χ0n) is 36.8. The summed E-state index contributed by atoms with van der Waals surface area (Å²) in [5, 5.41) is 0. The van der Waals surface area contributed by atoms with Crippen molar-refractivity contribution in [1.29, 1.82) is 0 Å². The van der Waals surface area contributed by atoms with Gasteiger partial charge in [0, 0.05) is 12.5 Å². The minimum absolute atomic E-state index is 0.294. The van der Waals surface area contributed by atoms with Gasteiger partial charge in [-0.25, -0.2) is 35.2 Å². The molecule has 0 aliphatic carbocycles. The maximum Gasteiger partial charge on any atom is 0.327 e. The van der Waals surface area contributed by atoms with Gasteiger partial charge in [-0.15, -0.1) is 0 Å². The number of H-pyrrole nitrogens is 2. The normalized spacial score (nSPS) is 12.4. The van der Waals surface area contributed by atoms with E-state index in [1.807, 2.05) is 13.8 Å². The molecule has 0 spiro atoms. The van der Waals surface area contributed by atoms with E-state index in [0.717, 1.165) is 12.5 Å². The zero-order valence-corrected chi connectivity index (χ0v) is 38.4. The summed E-state index contributed by atoms with van der Waals surface area (Å²) in [5.74, 6) is 0.269. The highest BCUT2D eigenvalue weighted by molar-refractivity contribution is 7.90. The molecular formula is C46H52F2N4O10S2. The number of rotatable bonds is 14. The number of aryl methyl sites for hydroxylation is 2. The molecule has 342 valence electrons. The third-order valence-electron chi connectivity index (χ3n) is 9.82. The van der Waals surface area contributed by atoms with E-state index >= 15 is 0 Å². The van der Waals surface area contributed by atoms with Crippen LogP contribution in [0.25, 0.3) is 22.1 Å². The number of fused-ring (bicyclic) bond motifs is 2. The number of methoxy groups -OCH3 is 2. The fourth-order valence-corrected chi connectivity index (χ4v) is 9.01. The lowest BCUT2D eigenvalue weighted by atomic mass is 10.1. The van der Waals surface area contributed by atoms with Gasteiger partial charge in [-0.2, -0.15) is 0 Å². The molecule has 0 amide bonds. The second kappa shape index (κ2) is 20.9. The Balaban J connectivity index is 0.000000205. The average molecular weight is 923 g/mol. The fourth-order valence-electron chi connectivity index (χ4n) is 7.18. The number of sulfone groups is 2. The number of hydrogen-bond donors (Lipinski definition) is 2. The molecule has 0 aliphatic rings. The van der Waals surface area contributed by atoms with Crippen LogP contribution in [0.2, 0.25) is 0 Å². The molecule has 18 heteroatoms. The van der Waals surface area contributed by atoms with Crippen LogP contribution in [0.4, 0.5) is 8.78 Å². The van der Waals surface area contributed by atoms with Gasteiger partial charge in [0.15, 0.2) is 23.0 Å². The predicted octanol–water partition coefficient (Wildman–Crippen LogP) is 7.32. The molecule has 0 aliphatic heterocycles. The Morgan fingerprint density at radius 3 is 1.27 bits per heavy atom. The third-order valence-corrected chi connectivity index (χ3v) is 11.7. The van der Waals surface area contributed by atoms with Gasteiger partial charge in [-0.1, -0.05) is 47.5 Å². The monoisotopic (exact) mass is 922 g/mol. The number of halogens is 2. The van der Waals surface area contributed by atoms with Gasteiger partial charge in [0.2, 0.25) is 0 Å². The molecule has 2 atom stereocenters. The van der Waals surface area contributed by atoms with E-state index in [1.54, 1.807) is 36.4 Å². The number of nitrogens with zero attached hydrogens (tertiary/aromatic N) is 2. The van der Waals surface area contributed by atoms with Crippen molar-refractivity contribution in [1.82, 2.24) is 19.1 Å². The van der Waals surface area contributed by atoms with E-state index in [0.29, 0.717) is 69.4 Å². The van der Waals surface area contributed by atoms with Crippen molar-refractivity contribution in [2.45, 2.75) is 39.8 Å². The van der Waals surface area contributed by atoms with Crippen molar-refractivity contribution >= 4 is 41.7 Å². The highest BCUT2D eigenvalue weighted by Gasteiger charge is 2.27. The molecule has 7 rings (SSSR count). The zero-order chi connectivity index (χ0) is 46.9. The first-order valence-corrected chi connectivity index (χ1v) is 24.2. The number of imidazole rings is 2. The fraction of sp³-hybridized carbons (Fsp3) is 0.304. The van der Waals surface area contributed by atoms with E-state index in [-0.39, 0.29) is 11.5 Å². The summed E-state index contributed by atoms with van der Waals surface area (Å²) in [6, 6.07) is 24.6. The van der Waals surface area contributed by atoms with Crippen LogP contribution in [0.15, 0.2) is 107 Å². The van der Waals surface area contributed by atoms with E-state index < -0.39 is 54.8 Å². The van der Waals surface area contributed by atoms with Crippen molar-refractivity contribution in [2.24, 2.45) is 0 Å². The lowest BCUT2D eigenvalue weighted by Crippen LogP contribution is -2.28. The topological polar surface area (TPSA) is 181 Å². The van der Waals surface area contributed by atoms with Crippen LogP contribution in [0.5, 0.6) is 23.0 Å². The van der Waals surface area contributed by atoms with Gasteiger partial charge in [0.25, 0.3) is 0 Å². The predicted molar refractivity (Wildman–Crippen MR) is 245 cm³/mol. The summed E-state index contributed by atoms with van der Waals surface area (Å²) >= 11 is 0. The van der Waals surface area contributed by atoms with Crippen molar-refractivity contribution in [2.75, 3.05) is 51.5 Å². The maximum absolute atomic E-state index is 13.5. The van der Waals surface area contributed by atoms with Crippen LogP contribution in [-0.4, -0.2) is 87.4 Å². The van der Waals surface area contributed by atoms with Crippen molar-refractivity contribution in [3.63, 3.8) is 0 Å². The van der Waals surface area contributed by atoms with Crippen LogP contribution in [-0.2, 0) is 19.7 Å². The Morgan fingerprint density at radius 2 is 0.953 bits per heavy atom. The van der Waals surface area contributed by atoms with Crippen LogP contribution < -0.4 is 30.3 Å². The second-order valence-corrected chi connectivity index (χ2v) is 19.4. The van der Waals surface area contributed by atoms with Gasteiger partial charge >= 0.3 is 11.4 Å². The molecule has 0 bridgehead atoms. The Kier molecular flexibility index (Phi) is 15.8. The number of aromatic amines is 2. The number of hydrogen-bond acceptors (Lipinski definition) is 10. The molecule has 64 heavy (non-hydrogen) atoms. The van der Waals surface area contributed by atoms with Gasteiger partial charge in [-0.05, 0) is 99.5 Å². The lowest BCUT2D eigenvalue weighted by Gasteiger charge is -2.20. The largest absolute Gasteiger partial charge is 0.493 e. The standard InChI is InChI=1S/2C19H21FN2O5S.C8H10/c2*1-4-27-18-9-12(5-8-17(18)26-2)16(11-28(3,24)25)22-15-7-6-13(20)10-14(15)21-19(22)23;1-7-4-3-5-8(2)6-7/h2*5-10,16H,4,11H2,1-3H3,(H,21,23);3-6H,1-2H3/t2*16-;/m11./s1. The Morgan fingerprint density at radius 1 is 0.562 bits per heavy atom. The molecule has 0 radical (unpaired) electrons. The summed E-state index contributed by atoms with van der Waals surface area (Å²) in [6.45, 7) is 8.63. The third kappa shape index (κ3) is 12.4. The first-order chi connectivity index (χ1) is 30.2. The number of nitrogens with one attached hydrogen (secondary N) is 2.